The molecule has 0 radical (unpaired) electrons. The van der Waals surface area contributed by atoms with Gasteiger partial charge in [-0.15, -0.1) is 0 Å². The molecule has 5 heteroatoms. The smallest absolute Gasteiger partial charge is 0.222 e. The van der Waals surface area contributed by atoms with Gasteiger partial charge in [-0.25, -0.2) is 0 Å². The zero-order chi connectivity index (χ0) is 12.2. The Morgan fingerprint density at radius 3 is 2.19 bits per heavy atom. The van der Waals surface area contributed by atoms with Crippen molar-refractivity contribution in [2.24, 2.45) is 0 Å². The van der Waals surface area contributed by atoms with E-state index >= 15 is 0 Å². The van der Waals surface area contributed by atoms with Gasteiger partial charge in [0.2, 0.25) is 5.91 Å². The summed E-state index contributed by atoms with van der Waals surface area (Å²) in [6.07, 6.45) is 0.538. The van der Waals surface area contributed by atoms with Gasteiger partial charge in [-0.1, -0.05) is 6.92 Å². The fourth-order valence-corrected chi connectivity index (χ4v) is 1.06. The molecular formula is C11H23NO4. The lowest BCUT2D eigenvalue weighted by Crippen LogP contribution is -2.29. The first-order valence-corrected chi connectivity index (χ1v) is 5.60. The third-order valence-electron chi connectivity index (χ3n) is 2.10. The van der Waals surface area contributed by atoms with Gasteiger partial charge in [-0.3, -0.25) is 4.79 Å². The summed E-state index contributed by atoms with van der Waals surface area (Å²) >= 11 is 0. The summed E-state index contributed by atoms with van der Waals surface area (Å²) < 4.78 is 15.4. The van der Waals surface area contributed by atoms with Gasteiger partial charge in [-0.2, -0.15) is 0 Å². The lowest BCUT2D eigenvalue weighted by Gasteiger charge is -2.15. The summed E-state index contributed by atoms with van der Waals surface area (Å²) in [5, 5.41) is 0. The first-order valence-electron chi connectivity index (χ1n) is 5.60. The van der Waals surface area contributed by atoms with E-state index in [4.69, 9.17) is 14.2 Å². The molecule has 0 heterocycles. The monoisotopic (exact) mass is 233 g/mol. The van der Waals surface area contributed by atoms with E-state index < -0.39 is 0 Å². The largest absolute Gasteiger partial charge is 0.382 e. The number of rotatable bonds is 10. The minimum Gasteiger partial charge on any atom is -0.382 e. The third kappa shape index (κ3) is 8.64. The molecule has 0 spiro atoms. The summed E-state index contributed by atoms with van der Waals surface area (Å²) in [5.41, 5.74) is 0. The molecule has 0 aromatic carbocycles. The molecule has 0 rings (SSSR count). The number of hydrogen-bond donors (Lipinski definition) is 0. The molecule has 5 nitrogen and oxygen atoms in total. The second-order valence-electron chi connectivity index (χ2n) is 3.39. The van der Waals surface area contributed by atoms with Crippen LogP contribution in [0.15, 0.2) is 0 Å². The molecule has 0 aliphatic carbocycles. The van der Waals surface area contributed by atoms with Gasteiger partial charge in [0, 0.05) is 27.1 Å². The molecule has 0 N–H and O–H groups in total. The van der Waals surface area contributed by atoms with Crippen molar-refractivity contribution in [1.29, 1.82) is 0 Å². The Balaban J connectivity index is 3.17. The van der Waals surface area contributed by atoms with Crippen molar-refractivity contribution in [3.63, 3.8) is 0 Å². The fourth-order valence-electron chi connectivity index (χ4n) is 1.06. The van der Waals surface area contributed by atoms with Crippen LogP contribution in [0.4, 0.5) is 0 Å². The predicted molar refractivity (Wildman–Crippen MR) is 61.4 cm³/mol. The Kier molecular flexibility index (Phi) is 10.4. The van der Waals surface area contributed by atoms with Gasteiger partial charge >= 0.3 is 0 Å². The maximum Gasteiger partial charge on any atom is 0.222 e. The van der Waals surface area contributed by atoms with Gasteiger partial charge in [0.05, 0.1) is 33.0 Å². The molecule has 0 aromatic heterocycles. The predicted octanol–water partition coefficient (Wildman–Crippen LogP) is 0.534. The molecule has 0 saturated carbocycles. The van der Waals surface area contributed by atoms with Gasteiger partial charge in [0.1, 0.15) is 0 Å². The quantitative estimate of drug-likeness (QED) is 0.517. The van der Waals surface area contributed by atoms with Crippen LogP contribution < -0.4 is 0 Å². The van der Waals surface area contributed by atoms with Crippen molar-refractivity contribution in [2.45, 2.75) is 13.3 Å². The van der Waals surface area contributed by atoms with Crippen LogP contribution in [0.3, 0.4) is 0 Å². The van der Waals surface area contributed by atoms with Crippen LogP contribution >= 0.6 is 0 Å². The van der Waals surface area contributed by atoms with Gasteiger partial charge < -0.3 is 19.1 Å². The van der Waals surface area contributed by atoms with Crippen LogP contribution in [-0.4, -0.2) is 64.5 Å². The lowest BCUT2D eigenvalue weighted by atomic mass is 10.4. The van der Waals surface area contributed by atoms with Gasteiger partial charge in [0.15, 0.2) is 0 Å². The number of carbonyl (C=O) groups is 1. The van der Waals surface area contributed by atoms with Crippen molar-refractivity contribution in [1.82, 2.24) is 4.90 Å². The highest BCUT2D eigenvalue weighted by atomic mass is 16.5. The Bertz CT molecular complexity index is 175. The number of amides is 1. The Morgan fingerprint density at radius 2 is 1.62 bits per heavy atom. The number of methoxy groups -OCH3 is 1. The maximum absolute atomic E-state index is 11.2. The van der Waals surface area contributed by atoms with E-state index in [2.05, 4.69) is 0 Å². The summed E-state index contributed by atoms with van der Waals surface area (Å²) in [7, 11) is 3.42. The SMILES string of the molecule is CCC(=O)N(C)CCOCCOCCOC. The summed E-state index contributed by atoms with van der Waals surface area (Å²) in [6, 6.07) is 0. The summed E-state index contributed by atoms with van der Waals surface area (Å²) in [4.78, 5) is 12.9. The Labute approximate surface area is 97.7 Å². The van der Waals surface area contributed by atoms with E-state index in [1.165, 1.54) is 0 Å². The fraction of sp³-hybridized carbons (Fsp3) is 0.909. The van der Waals surface area contributed by atoms with Crippen LogP contribution in [0.1, 0.15) is 13.3 Å². The molecule has 16 heavy (non-hydrogen) atoms. The van der Waals surface area contributed by atoms with Crippen molar-refractivity contribution in [3.05, 3.63) is 0 Å². The Hall–Kier alpha value is -0.650. The molecule has 0 unspecified atom stereocenters. The van der Waals surface area contributed by atoms with Crippen LogP contribution in [0.2, 0.25) is 0 Å². The van der Waals surface area contributed by atoms with Crippen LogP contribution in [0.5, 0.6) is 0 Å². The Morgan fingerprint density at radius 1 is 1.06 bits per heavy atom. The molecule has 0 fully saturated rings. The van der Waals surface area contributed by atoms with Crippen LogP contribution in [-0.2, 0) is 19.0 Å². The third-order valence-corrected chi connectivity index (χ3v) is 2.10. The highest BCUT2D eigenvalue weighted by Gasteiger charge is 2.04. The number of ether oxygens (including phenoxy) is 3. The molecule has 0 atom stereocenters. The van der Waals surface area contributed by atoms with Crippen molar-refractivity contribution in [3.8, 4) is 0 Å². The topological polar surface area (TPSA) is 48.0 Å². The highest BCUT2D eigenvalue weighted by molar-refractivity contribution is 5.75. The van der Waals surface area contributed by atoms with E-state index in [9.17, 15) is 4.79 Å². The van der Waals surface area contributed by atoms with Crippen molar-refractivity contribution >= 4 is 5.91 Å². The van der Waals surface area contributed by atoms with E-state index in [1.54, 1.807) is 19.1 Å². The molecule has 96 valence electrons. The van der Waals surface area contributed by atoms with Crippen LogP contribution in [0, 0.1) is 0 Å². The average Bonchev–Trinajstić information content (AvgIpc) is 2.31. The zero-order valence-corrected chi connectivity index (χ0v) is 10.5. The first-order chi connectivity index (χ1) is 7.72. The zero-order valence-electron chi connectivity index (χ0n) is 10.5. The molecule has 0 saturated heterocycles. The number of nitrogens with zero attached hydrogens (tertiary/aromatic N) is 1. The van der Waals surface area contributed by atoms with Crippen LogP contribution in [0.25, 0.3) is 0 Å². The standard InChI is InChI=1S/C11H23NO4/c1-4-11(13)12(2)5-6-15-9-10-16-8-7-14-3/h4-10H2,1-3H3. The normalized spacial score (nSPS) is 10.4. The van der Waals surface area contributed by atoms with E-state index in [0.717, 1.165) is 0 Å². The molecule has 0 aliphatic heterocycles. The minimum absolute atomic E-state index is 0.139. The highest BCUT2D eigenvalue weighted by Crippen LogP contribution is 1.89. The van der Waals surface area contributed by atoms with Gasteiger partial charge in [0.25, 0.3) is 0 Å². The summed E-state index contributed by atoms with van der Waals surface area (Å²) in [6.45, 7) is 5.35. The molecule has 0 bridgehead atoms. The maximum atomic E-state index is 11.2. The van der Waals surface area contributed by atoms with Crippen molar-refractivity contribution in [2.75, 3.05) is 53.7 Å². The lowest BCUT2D eigenvalue weighted by molar-refractivity contribution is -0.130. The summed E-state index contributed by atoms with van der Waals surface area (Å²) in [5.74, 6) is 0.139. The molecule has 1 amide bonds. The second-order valence-corrected chi connectivity index (χ2v) is 3.39. The van der Waals surface area contributed by atoms with Crippen molar-refractivity contribution < 1.29 is 19.0 Å². The molecular weight excluding hydrogens is 210 g/mol. The van der Waals surface area contributed by atoms with E-state index in [0.29, 0.717) is 46.0 Å². The second kappa shape index (κ2) is 10.9. The average molecular weight is 233 g/mol. The van der Waals surface area contributed by atoms with Gasteiger partial charge in [-0.05, 0) is 0 Å². The number of carbonyl (C=O) groups excluding carboxylic acids is 1. The number of hydrogen-bond acceptors (Lipinski definition) is 4. The van der Waals surface area contributed by atoms with E-state index in [1.807, 2.05) is 6.92 Å². The molecule has 0 aliphatic rings. The van der Waals surface area contributed by atoms with E-state index in [-0.39, 0.29) is 5.91 Å². The number of likely N-dealkylation sites (N-methyl/N-ethyl adjacent to an activating group) is 1. The first kappa shape index (κ1) is 15.3. The molecule has 0 aromatic rings. The minimum atomic E-state index is 0.139.